The number of alkyl halides is 1. The molecule has 0 spiro atoms. The summed E-state index contributed by atoms with van der Waals surface area (Å²) >= 11 is 1.51. The summed E-state index contributed by atoms with van der Waals surface area (Å²) in [5.41, 5.74) is 0.981. The van der Waals surface area contributed by atoms with Crippen molar-refractivity contribution in [3.05, 3.63) is 41.4 Å². The van der Waals surface area contributed by atoms with Gasteiger partial charge in [0.25, 0.3) is 0 Å². The lowest BCUT2D eigenvalue weighted by Crippen LogP contribution is -2.54. The van der Waals surface area contributed by atoms with Gasteiger partial charge in [-0.1, -0.05) is 30.3 Å². The van der Waals surface area contributed by atoms with Gasteiger partial charge in [-0.2, -0.15) is 0 Å². The topological polar surface area (TPSA) is 51.2 Å². The van der Waals surface area contributed by atoms with Crippen LogP contribution in [0.2, 0.25) is 0 Å². The molecule has 3 rings (SSSR count). The predicted octanol–water partition coefficient (Wildman–Crippen LogP) is 2.99. The van der Waals surface area contributed by atoms with Gasteiger partial charge in [-0.25, -0.2) is 9.37 Å². The summed E-state index contributed by atoms with van der Waals surface area (Å²) in [5.74, 6) is -0.186. The first kappa shape index (κ1) is 16.1. The zero-order chi connectivity index (χ0) is 16.1. The van der Waals surface area contributed by atoms with Crippen LogP contribution >= 0.6 is 11.3 Å². The van der Waals surface area contributed by atoms with Gasteiger partial charge in [0.15, 0.2) is 0 Å². The Morgan fingerprint density at radius 2 is 2.04 bits per heavy atom. The molecule has 1 amide bonds. The van der Waals surface area contributed by atoms with E-state index in [1.807, 2.05) is 35.7 Å². The second-order valence-corrected chi connectivity index (χ2v) is 6.62. The van der Waals surface area contributed by atoms with Crippen molar-refractivity contribution in [3.8, 4) is 10.6 Å². The quantitative estimate of drug-likeness (QED) is 0.914. The van der Waals surface area contributed by atoms with E-state index in [2.05, 4.69) is 10.3 Å². The second-order valence-electron chi connectivity index (χ2n) is 5.76. The summed E-state index contributed by atoms with van der Waals surface area (Å²) in [6.07, 6.45) is 1.20. The van der Waals surface area contributed by atoms with E-state index in [0.29, 0.717) is 31.7 Å². The van der Waals surface area contributed by atoms with Gasteiger partial charge < -0.3 is 10.1 Å². The Labute approximate surface area is 138 Å². The Kier molecular flexibility index (Phi) is 5.03. The second kappa shape index (κ2) is 7.19. The number of hydrogen-bond acceptors (Lipinski definition) is 4. The molecule has 0 aliphatic carbocycles. The van der Waals surface area contributed by atoms with Crippen LogP contribution in [-0.2, 0) is 16.0 Å². The van der Waals surface area contributed by atoms with E-state index < -0.39 is 12.2 Å². The highest BCUT2D eigenvalue weighted by molar-refractivity contribution is 7.13. The number of amides is 1. The van der Waals surface area contributed by atoms with Crippen molar-refractivity contribution in [2.24, 2.45) is 0 Å². The highest BCUT2D eigenvalue weighted by Gasteiger charge is 2.34. The summed E-state index contributed by atoms with van der Waals surface area (Å²) in [6, 6.07) is 9.85. The van der Waals surface area contributed by atoms with Gasteiger partial charge in [-0.15, -0.1) is 11.3 Å². The molecule has 1 aromatic carbocycles. The van der Waals surface area contributed by atoms with Crippen molar-refractivity contribution >= 4 is 17.2 Å². The lowest BCUT2D eigenvalue weighted by atomic mass is 9.91. The third-order valence-electron chi connectivity index (χ3n) is 4.02. The number of carbonyl (C=O) groups excluding carboxylic acids is 1. The number of benzene rings is 1. The molecule has 2 heterocycles. The van der Waals surface area contributed by atoms with Crippen LogP contribution in [0.3, 0.4) is 0 Å². The maximum Gasteiger partial charge on any atom is 0.226 e. The van der Waals surface area contributed by atoms with E-state index >= 15 is 0 Å². The van der Waals surface area contributed by atoms with E-state index in [4.69, 9.17) is 4.74 Å². The molecule has 1 fully saturated rings. The lowest BCUT2D eigenvalue weighted by molar-refractivity contribution is -0.124. The number of halogens is 1. The Hall–Kier alpha value is -1.79. The van der Waals surface area contributed by atoms with Crippen LogP contribution in [0, 0.1) is 0 Å². The molecule has 0 radical (unpaired) electrons. The summed E-state index contributed by atoms with van der Waals surface area (Å²) in [4.78, 5) is 16.7. The predicted molar refractivity (Wildman–Crippen MR) is 88.2 cm³/mol. The lowest BCUT2D eigenvalue weighted by Gasteiger charge is -2.35. The fourth-order valence-corrected chi connectivity index (χ4v) is 3.49. The normalized spacial score (nSPS) is 16.9. The van der Waals surface area contributed by atoms with Crippen molar-refractivity contribution in [3.63, 3.8) is 0 Å². The Balaban J connectivity index is 1.63. The molecule has 1 aliphatic heterocycles. The molecule has 1 saturated heterocycles. The molecule has 1 aromatic heterocycles. The first-order valence-electron chi connectivity index (χ1n) is 7.65. The molecule has 1 aliphatic rings. The van der Waals surface area contributed by atoms with Gasteiger partial charge in [0.1, 0.15) is 11.7 Å². The van der Waals surface area contributed by atoms with Crippen molar-refractivity contribution in [2.75, 3.05) is 19.9 Å². The molecule has 4 nitrogen and oxygen atoms in total. The minimum Gasteiger partial charge on any atom is -0.381 e. The zero-order valence-electron chi connectivity index (χ0n) is 12.8. The fraction of sp³-hybridized carbons (Fsp3) is 0.412. The van der Waals surface area contributed by atoms with Crippen LogP contribution in [0.5, 0.6) is 0 Å². The molecule has 0 saturated carbocycles. The maximum atomic E-state index is 13.4. The van der Waals surface area contributed by atoms with E-state index in [1.165, 1.54) is 11.3 Å². The molecular weight excluding hydrogens is 315 g/mol. The molecule has 2 aromatic rings. The van der Waals surface area contributed by atoms with Gasteiger partial charge in [-0.05, 0) is 12.8 Å². The number of hydrogen-bond donors (Lipinski definition) is 1. The molecule has 6 heteroatoms. The molecule has 122 valence electrons. The van der Waals surface area contributed by atoms with Crippen molar-refractivity contribution < 1.29 is 13.9 Å². The number of ether oxygens (including phenoxy) is 1. The fourth-order valence-electron chi connectivity index (χ4n) is 2.66. The van der Waals surface area contributed by atoms with Gasteiger partial charge in [-0.3, -0.25) is 4.79 Å². The standard InChI is InChI=1S/C17H19FN2O2S/c18-12-17(6-8-22-9-7-17)20-15(21)10-14-11-23-16(19-14)13-4-2-1-3-5-13/h1-5,11H,6-10,12H2,(H,20,21). The number of carbonyl (C=O) groups is 1. The van der Waals surface area contributed by atoms with Gasteiger partial charge in [0, 0.05) is 24.2 Å². The van der Waals surface area contributed by atoms with Crippen LogP contribution in [0.25, 0.3) is 10.6 Å². The largest absolute Gasteiger partial charge is 0.381 e. The summed E-state index contributed by atoms with van der Waals surface area (Å²) in [7, 11) is 0. The van der Waals surface area contributed by atoms with Crippen LogP contribution in [-0.4, -0.2) is 36.3 Å². The molecular formula is C17H19FN2O2S. The van der Waals surface area contributed by atoms with Gasteiger partial charge >= 0.3 is 0 Å². The van der Waals surface area contributed by atoms with E-state index in [0.717, 1.165) is 10.6 Å². The van der Waals surface area contributed by atoms with Crippen LogP contribution in [0.1, 0.15) is 18.5 Å². The number of nitrogens with zero attached hydrogens (tertiary/aromatic N) is 1. The first-order chi connectivity index (χ1) is 11.2. The van der Waals surface area contributed by atoms with E-state index in [-0.39, 0.29) is 12.3 Å². The number of aromatic nitrogens is 1. The van der Waals surface area contributed by atoms with Crippen molar-refractivity contribution in [2.45, 2.75) is 24.8 Å². The van der Waals surface area contributed by atoms with Gasteiger partial charge in [0.2, 0.25) is 5.91 Å². The molecule has 23 heavy (non-hydrogen) atoms. The van der Waals surface area contributed by atoms with Crippen molar-refractivity contribution in [1.29, 1.82) is 0 Å². The Morgan fingerprint density at radius 1 is 1.30 bits per heavy atom. The number of thiazole rings is 1. The summed E-state index contributed by atoms with van der Waals surface area (Å²) < 4.78 is 18.6. The molecule has 1 N–H and O–H groups in total. The van der Waals surface area contributed by atoms with Gasteiger partial charge in [0.05, 0.1) is 17.7 Å². The third kappa shape index (κ3) is 3.95. The van der Waals surface area contributed by atoms with Crippen LogP contribution < -0.4 is 5.32 Å². The molecule has 0 bridgehead atoms. The Bertz CT molecular complexity index is 654. The maximum absolute atomic E-state index is 13.4. The average molecular weight is 334 g/mol. The molecule has 0 atom stereocenters. The highest BCUT2D eigenvalue weighted by Crippen LogP contribution is 2.24. The number of rotatable bonds is 5. The van der Waals surface area contributed by atoms with Crippen molar-refractivity contribution in [1.82, 2.24) is 10.3 Å². The van der Waals surface area contributed by atoms with E-state index in [9.17, 15) is 9.18 Å². The SMILES string of the molecule is O=C(Cc1csc(-c2ccccc2)n1)NC1(CF)CCOCC1. The Morgan fingerprint density at radius 3 is 2.74 bits per heavy atom. The van der Waals surface area contributed by atoms with E-state index in [1.54, 1.807) is 0 Å². The highest BCUT2D eigenvalue weighted by atomic mass is 32.1. The smallest absolute Gasteiger partial charge is 0.226 e. The number of nitrogens with one attached hydrogen (secondary N) is 1. The average Bonchev–Trinajstić information content (AvgIpc) is 3.05. The summed E-state index contributed by atoms with van der Waals surface area (Å²) in [5, 5.41) is 5.62. The third-order valence-corrected chi connectivity index (χ3v) is 4.96. The molecule has 0 unspecified atom stereocenters. The zero-order valence-corrected chi connectivity index (χ0v) is 13.6. The minimum atomic E-state index is -0.770. The first-order valence-corrected chi connectivity index (χ1v) is 8.53. The monoisotopic (exact) mass is 334 g/mol. The minimum absolute atomic E-state index is 0.173. The van der Waals surface area contributed by atoms with Crippen LogP contribution in [0.15, 0.2) is 35.7 Å². The summed E-state index contributed by atoms with van der Waals surface area (Å²) in [6.45, 7) is 0.409. The van der Waals surface area contributed by atoms with Crippen LogP contribution in [0.4, 0.5) is 4.39 Å².